The van der Waals surface area contributed by atoms with Gasteiger partial charge in [0, 0.05) is 6.07 Å². The fourth-order valence-electron chi connectivity index (χ4n) is 1.08. The molecule has 0 aliphatic heterocycles. The van der Waals surface area contributed by atoms with Crippen molar-refractivity contribution in [3.05, 3.63) is 33.4 Å². The highest BCUT2D eigenvalue weighted by atomic mass is 32.1. The summed E-state index contributed by atoms with van der Waals surface area (Å²) in [7, 11) is 0. The van der Waals surface area contributed by atoms with Crippen molar-refractivity contribution in [3.63, 3.8) is 0 Å². The van der Waals surface area contributed by atoms with Crippen molar-refractivity contribution in [2.24, 2.45) is 0 Å². The van der Waals surface area contributed by atoms with Crippen LogP contribution in [0.15, 0.2) is 22.3 Å². The van der Waals surface area contributed by atoms with Gasteiger partial charge >= 0.3 is 5.97 Å². The molecular formula is C8H5NO3S. The molecule has 2 heterocycles. The lowest BCUT2D eigenvalue weighted by atomic mass is 10.3. The average Bonchev–Trinajstić information content (AvgIpc) is 2.51. The van der Waals surface area contributed by atoms with Gasteiger partial charge in [-0.25, -0.2) is 4.79 Å². The first kappa shape index (κ1) is 8.00. The van der Waals surface area contributed by atoms with Crippen LogP contribution in [-0.2, 0) is 0 Å². The van der Waals surface area contributed by atoms with Crippen LogP contribution in [-0.4, -0.2) is 16.1 Å². The van der Waals surface area contributed by atoms with Crippen molar-refractivity contribution >= 4 is 27.5 Å². The van der Waals surface area contributed by atoms with E-state index >= 15 is 0 Å². The van der Waals surface area contributed by atoms with E-state index in [2.05, 4.69) is 4.98 Å². The number of aromatic amines is 1. The molecular weight excluding hydrogens is 190 g/mol. The zero-order valence-electron chi connectivity index (χ0n) is 6.40. The van der Waals surface area contributed by atoms with Gasteiger partial charge in [-0.3, -0.25) is 4.79 Å². The SMILES string of the molecule is O=C(O)c1cc(=O)c2ccsc2[nH]1. The molecule has 0 saturated heterocycles. The highest BCUT2D eigenvalue weighted by Crippen LogP contribution is 2.14. The molecule has 4 nitrogen and oxygen atoms in total. The molecule has 0 spiro atoms. The normalized spacial score (nSPS) is 10.5. The van der Waals surface area contributed by atoms with Crippen LogP contribution < -0.4 is 5.43 Å². The number of H-pyrrole nitrogens is 1. The standard InChI is InChI=1S/C8H5NO3S/c10-6-3-5(8(11)12)9-7-4(6)1-2-13-7/h1-3H,(H,9,10)(H,11,12). The Morgan fingerprint density at radius 2 is 2.31 bits per heavy atom. The number of hydrogen-bond donors (Lipinski definition) is 2. The second-order valence-electron chi connectivity index (χ2n) is 2.52. The Kier molecular flexibility index (Phi) is 1.66. The predicted octanol–water partition coefficient (Wildman–Crippen LogP) is 1.29. The number of aromatic carboxylic acids is 1. The van der Waals surface area contributed by atoms with E-state index in [1.807, 2.05) is 0 Å². The predicted molar refractivity (Wildman–Crippen MR) is 49.4 cm³/mol. The third kappa shape index (κ3) is 1.23. The summed E-state index contributed by atoms with van der Waals surface area (Å²) >= 11 is 1.31. The fraction of sp³-hybridized carbons (Fsp3) is 0. The summed E-state index contributed by atoms with van der Waals surface area (Å²) in [5, 5.41) is 10.9. The molecule has 0 bridgehead atoms. The zero-order chi connectivity index (χ0) is 9.42. The van der Waals surface area contributed by atoms with E-state index in [1.54, 1.807) is 11.4 Å². The van der Waals surface area contributed by atoms with Gasteiger partial charge in [-0.15, -0.1) is 11.3 Å². The average molecular weight is 195 g/mol. The number of pyridine rings is 1. The van der Waals surface area contributed by atoms with E-state index in [-0.39, 0.29) is 11.1 Å². The highest BCUT2D eigenvalue weighted by molar-refractivity contribution is 7.16. The number of nitrogens with one attached hydrogen (secondary N) is 1. The molecule has 2 rings (SSSR count). The van der Waals surface area contributed by atoms with Gasteiger partial charge in [-0.2, -0.15) is 0 Å². The molecule has 0 saturated carbocycles. The summed E-state index contributed by atoms with van der Waals surface area (Å²) in [5.74, 6) is -1.12. The van der Waals surface area contributed by atoms with Gasteiger partial charge in [0.2, 0.25) is 0 Å². The maximum Gasteiger partial charge on any atom is 0.352 e. The van der Waals surface area contributed by atoms with Crippen molar-refractivity contribution in [3.8, 4) is 0 Å². The number of carboxylic acids is 1. The quantitative estimate of drug-likeness (QED) is 0.720. The van der Waals surface area contributed by atoms with Crippen LogP contribution >= 0.6 is 11.3 Å². The number of carbonyl (C=O) groups is 1. The van der Waals surface area contributed by atoms with Gasteiger partial charge in [0.25, 0.3) is 0 Å². The maximum atomic E-state index is 11.3. The number of thiophene rings is 1. The number of hydrogen-bond acceptors (Lipinski definition) is 3. The highest BCUT2D eigenvalue weighted by Gasteiger charge is 2.07. The molecule has 2 N–H and O–H groups in total. The van der Waals surface area contributed by atoms with E-state index in [1.165, 1.54) is 11.3 Å². The molecule has 5 heteroatoms. The number of aromatic nitrogens is 1. The van der Waals surface area contributed by atoms with E-state index in [0.717, 1.165) is 6.07 Å². The van der Waals surface area contributed by atoms with Gasteiger partial charge in [0.1, 0.15) is 10.5 Å². The smallest absolute Gasteiger partial charge is 0.352 e. The van der Waals surface area contributed by atoms with Crippen LogP contribution in [0.3, 0.4) is 0 Å². The van der Waals surface area contributed by atoms with Crippen LogP contribution in [0.4, 0.5) is 0 Å². The lowest BCUT2D eigenvalue weighted by molar-refractivity contribution is 0.0691. The summed E-state index contributed by atoms with van der Waals surface area (Å²) in [4.78, 5) is 25.1. The third-order valence-corrected chi connectivity index (χ3v) is 2.51. The first-order chi connectivity index (χ1) is 6.18. The molecule has 13 heavy (non-hydrogen) atoms. The van der Waals surface area contributed by atoms with Crippen molar-refractivity contribution < 1.29 is 9.90 Å². The zero-order valence-corrected chi connectivity index (χ0v) is 7.22. The number of fused-ring (bicyclic) bond motifs is 1. The number of rotatable bonds is 1. The second kappa shape index (κ2) is 2.70. The molecule has 0 amide bonds. The van der Waals surface area contributed by atoms with Crippen LogP contribution in [0.5, 0.6) is 0 Å². The third-order valence-electron chi connectivity index (χ3n) is 1.68. The molecule has 0 atom stereocenters. The molecule has 0 unspecified atom stereocenters. The molecule has 0 aliphatic carbocycles. The molecule has 0 aromatic carbocycles. The van der Waals surface area contributed by atoms with E-state index in [4.69, 9.17) is 5.11 Å². The molecule has 0 fully saturated rings. The van der Waals surface area contributed by atoms with Gasteiger partial charge in [-0.05, 0) is 11.4 Å². The first-order valence-electron chi connectivity index (χ1n) is 3.52. The lowest BCUT2D eigenvalue weighted by Crippen LogP contribution is -2.07. The van der Waals surface area contributed by atoms with Crippen LogP contribution in [0.25, 0.3) is 10.2 Å². The van der Waals surface area contributed by atoms with Gasteiger partial charge < -0.3 is 10.1 Å². The van der Waals surface area contributed by atoms with Crippen LogP contribution in [0.2, 0.25) is 0 Å². The number of carboxylic acid groups (broad SMARTS) is 1. The maximum absolute atomic E-state index is 11.3. The van der Waals surface area contributed by atoms with Crippen molar-refractivity contribution in [1.29, 1.82) is 0 Å². The minimum Gasteiger partial charge on any atom is -0.477 e. The van der Waals surface area contributed by atoms with Crippen LogP contribution in [0.1, 0.15) is 10.5 Å². The van der Waals surface area contributed by atoms with Crippen molar-refractivity contribution in [1.82, 2.24) is 4.98 Å². The molecule has 2 aromatic rings. The largest absolute Gasteiger partial charge is 0.477 e. The Morgan fingerprint density at radius 3 is 3.00 bits per heavy atom. The Labute approximate surface area is 76.5 Å². The van der Waals surface area contributed by atoms with Gasteiger partial charge in [0.05, 0.1) is 5.39 Å². The Bertz CT molecular complexity index is 525. The molecule has 2 aromatic heterocycles. The van der Waals surface area contributed by atoms with Gasteiger partial charge in [-0.1, -0.05) is 0 Å². The van der Waals surface area contributed by atoms with E-state index in [0.29, 0.717) is 10.2 Å². The monoisotopic (exact) mass is 195 g/mol. The fourth-order valence-corrected chi connectivity index (χ4v) is 1.89. The van der Waals surface area contributed by atoms with Crippen LogP contribution in [0, 0.1) is 0 Å². The Balaban J connectivity index is 2.85. The van der Waals surface area contributed by atoms with Crippen molar-refractivity contribution in [2.45, 2.75) is 0 Å². The summed E-state index contributed by atoms with van der Waals surface area (Å²) in [6, 6.07) is 2.77. The van der Waals surface area contributed by atoms with Gasteiger partial charge in [0.15, 0.2) is 5.43 Å². The summed E-state index contributed by atoms with van der Waals surface area (Å²) in [6.45, 7) is 0. The first-order valence-corrected chi connectivity index (χ1v) is 4.40. The molecule has 0 radical (unpaired) electrons. The van der Waals surface area contributed by atoms with E-state index in [9.17, 15) is 9.59 Å². The summed E-state index contributed by atoms with van der Waals surface area (Å²) in [5.41, 5.74) is -0.327. The van der Waals surface area contributed by atoms with Crippen molar-refractivity contribution in [2.75, 3.05) is 0 Å². The molecule has 66 valence electrons. The minimum absolute atomic E-state index is 0.0695. The summed E-state index contributed by atoms with van der Waals surface area (Å²) in [6.07, 6.45) is 0. The second-order valence-corrected chi connectivity index (χ2v) is 3.43. The lowest BCUT2D eigenvalue weighted by Gasteiger charge is -1.93. The Morgan fingerprint density at radius 1 is 1.54 bits per heavy atom. The minimum atomic E-state index is -1.12. The summed E-state index contributed by atoms with van der Waals surface area (Å²) < 4.78 is 0. The Hall–Kier alpha value is -1.62. The molecule has 0 aliphatic rings. The van der Waals surface area contributed by atoms with E-state index < -0.39 is 5.97 Å². The topological polar surface area (TPSA) is 70.2 Å².